The highest BCUT2D eigenvalue weighted by Crippen LogP contribution is 2.43. The van der Waals surface area contributed by atoms with E-state index in [9.17, 15) is 9.59 Å². The lowest BCUT2D eigenvalue weighted by molar-refractivity contribution is -0.152. The summed E-state index contributed by atoms with van der Waals surface area (Å²) in [5, 5.41) is 8.82. The Kier molecular flexibility index (Phi) is 5.83. The summed E-state index contributed by atoms with van der Waals surface area (Å²) < 4.78 is 10.9. The quantitative estimate of drug-likeness (QED) is 0.671. The van der Waals surface area contributed by atoms with Crippen molar-refractivity contribution in [2.45, 2.75) is 50.7 Å². The number of hydrogen-bond acceptors (Lipinski definition) is 5. The zero-order valence-electron chi connectivity index (χ0n) is 14.2. The molecule has 2 rings (SSSR count). The fourth-order valence-corrected chi connectivity index (χ4v) is 2.79. The van der Waals surface area contributed by atoms with E-state index in [4.69, 9.17) is 20.3 Å². The number of carboxylic acids is 1. The summed E-state index contributed by atoms with van der Waals surface area (Å²) in [6, 6.07) is 6.79. The number of hydrogen-bond donors (Lipinski definition) is 2. The number of ether oxygens (including phenoxy) is 2. The monoisotopic (exact) mass is 335 g/mol. The van der Waals surface area contributed by atoms with Gasteiger partial charge in [-0.3, -0.25) is 9.59 Å². The molecule has 0 saturated heterocycles. The van der Waals surface area contributed by atoms with E-state index in [0.717, 1.165) is 24.2 Å². The highest BCUT2D eigenvalue weighted by atomic mass is 16.6. The van der Waals surface area contributed by atoms with Gasteiger partial charge in [0.25, 0.3) is 0 Å². The van der Waals surface area contributed by atoms with Crippen molar-refractivity contribution in [3.05, 3.63) is 29.8 Å². The SMILES string of the molecule is COc1cccc(CC2(OC(=O)CC(C)C[C@H](N)C(=O)O)CC2)c1. The Balaban J connectivity index is 1.85. The fraction of sp³-hybridized carbons (Fsp3) is 0.556. The molecule has 132 valence electrons. The van der Waals surface area contributed by atoms with Crippen molar-refractivity contribution in [2.75, 3.05) is 7.11 Å². The molecule has 1 saturated carbocycles. The van der Waals surface area contributed by atoms with Crippen LogP contribution in [-0.2, 0) is 20.7 Å². The first-order valence-corrected chi connectivity index (χ1v) is 8.17. The summed E-state index contributed by atoms with van der Waals surface area (Å²) in [6.45, 7) is 1.81. The number of carbonyl (C=O) groups excluding carboxylic acids is 1. The molecular weight excluding hydrogens is 310 g/mol. The van der Waals surface area contributed by atoms with Gasteiger partial charge in [0.15, 0.2) is 0 Å². The van der Waals surface area contributed by atoms with Crippen molar-refractivity contribution in [3.8, 4) is 5.75 Å². The predicted molar refractivity (Wildman–Crippen MR) is 88.8 cm³/mol. The van der Waals surface area contributed by atoms with Gasteiger partial charge in [-0.15, -0.1) is 0 Å². The van der Waals surface area contributed by atoms with Gasteiger partial charge in [-0.25, -0.2) is 0 Å². The summed E-state index contributed by atoms with van der Waals surface area (Å²) in [7, 11) is 1.62. The van der Waals surface area contributed by atoms with Crippen LogP contribution in [0.25, 0.3) is 0 Å². The maximum absolute atomic E-state index is 12.1. The van der Waals surface area contributed by atoms with Crippen LogP contribution in [0, 0.1) is 5.92 Å². The zero-order valence-corrected chi connectivity index (χ0v) is 14.2. The van der Waals surface area contributed by atoms with E-state index >= 15 is 0 Å². The molecule has 1 aromatic carbocycles. The topological polar surface area (TPSA) is 98.9 Å². The van der Waals surface area contributed by atoms with E-state index in [1.165, 1.54) is 0 Å². The normalized spacial score (nSPS) is 17.6. The van der Waals surface area contributed by atoms with E-state index in [2.05, 4.69) is 0 Å². The van der Waals surface area contributed by atoms with Crippen LogP contribution in [0.1, 0.15) is 38.2 Å². The van der Waals surface area contributed by atoms with Gasteiger partial charge in [-0.05, 0) is 42.9 Å². The molecule has 0 aromatic heterocycles. The van der Waals surface area contributed by atoms with Gasteiger partial charge in [0.2, 0.25) is 0 Å². The van der Waals surface area contributed by atoms with Crippen molar-refractivity contribution in [2.24, 2.45) is 11.7 Å². The Bertz CT molecular complexity index is 597. The molecule has 6 heteroatoms. The van der Waals surface area contributed by atoms with Crippen molar-refractivity contribution in [1.29, 1.82) is 0 Å². The van der Waals surface area contributed by atoms with Gasteiger partial charge < -0.3 is 20.3 Å². The van der Waals surface area contributed by atoms with Crippen molar-refractivity contribution >= 4 is 11.9 Å². The number of esters is 1. The second-order valence-corrected chi connectivity index (χ2v) is 6.68. The van der Waals surface area contributed by atoms with E-state index in [-0.39, 0.29) is 24.7 Å². The average Bonchev–Trinajstić information content (AvgIpc) is 3.25. The van der Waals surface area contributed by atoms with Crippen LogP contribution in [0.2, 0.25) is 0 Å². The van der Waals surface area contributed by atoms with Gasteiger partial charge in [-0.2, -0.15) is 0 Å². The number of rotatable bonds is 9. The number of methoxy groups -OCH3 is 1. The molecule has 0 aliphatic heterocycles. The number of benzene rings is 1. The molecule has 0 heterocycles. The molecule has 0 bridgehead atoms. The fourth-order valence-electron chi connectivity index (χ4n) is 2.79. The lowest BCUT2D eigenvalue weighted by Gasteiger charge is -2.19. The summed E-state index contributed by atoms with van der Waals surface area (Å²) >= 11 is 0. The highest BCUT2D eigenvalue weighted by molar-refractivity contribution is 5.73. The maximum Gasteiger partial charge on any atom is 0.320 e. The van der Waals surface area contributed by atoms with Crippen LogP contribution >= 0.6 is 0 Å². The molecule has 1 aliphatic carbocycles. The predicted octanol–water partition coefficient (Wildman–Crippen LogP) is 2.14. The second-order valence-electron chi connectivity index (χ2n) is 6.68. The first kappa shape index (κ1) is 18.3. The van der Waals surface area contributed by atoms with Crippen LogP contribution < -0.4 is 10.5 Å². The lowest BCUT2D eigenvalue weighted by Crippen LogP contribution is -2.32. The number of carbonyl (C=O) groups is 2. The van der Waals surface area contributed by atoms with Crippen LogP contribution in [0.15, 0.2) is 24.3 Å². The van der Waals surface area contributed by atoms with Crippen LogP contribution in [-0.4, -0.2) is 35.8 Å². The summed E-state index contributed by atoms with van der Waals surface area (Å²) in [5.74, 6) is -0.686. The third-order valence-corrected chi connectivity index (χ3v) is 4.29. The van der Waals surface area contributed by atoms with Crippen LogP contribution in [0.5, 0.6) is 5.75 Å². The number of nitrogens with two attached hydrogens (primary N) is 1. The van der Waals surface area contributed by atoms with Gasteiger partial charge in [0.1, 0.15) is 17.4 Å². The van der Waals surface area contributed by atoms with Gasteiger partial charge in [0.05, 0.1) is 7.11 Å². The first-order valence-electron chi connectivity index (χ1n) is 8.17. The molecule has 0 radical (unpaired) electrons. The molecule has 1 unspecified atom stereocenters. The Hall–Kier alpha value is -2.08. The average molecular weight is 335 g/mol. The molecule has 6 nitrogen and oxygen atoms in total. The molecule has 1 aliphatic rings. The minimum atomic E-state index is -1.05. The van der Waals surface area contributed by atoms with E-state index < -0.39 is 17.6 Å². The van der Waals surface area contributed by atoms with Gasteiger partial charge in [0, 0.05) is 12.8 Å². The van der Waals surface area contributed by atoms with Crippen molar-refractivity contribution in [3.63, 3.8) is 0 Å². The number of carboxylic acid groups (broad SMARTS) is 1. The largest absolute Gasteiger partial charge is 0.497 e. The minimum Gasteiger partial charge on any atom is -0.497 e. The summed E-state index contributed by atoms with van der Waals surface area (Å²) in [6.07, 6.45) is 2.80. The van der Waals surface area contributed by atoms with E-state index in [1.807, 2.05) is 31.2 Å². The molecule has 24 heavy (non-hydrogen) atoms. The molecule has 2 atom stereocenters. The smallest absolute Gasteiger partial charge is 0.320 e. The van der Waals surface area contributed by atoms with Crippen LogP contribution in [0.4, 0.5) is 0 Å². The summed E-state index contributed by atoms with van der Waals surface area (Å²) in [4.78, 5) is 22.9. The molecule has 0 amide bonds. The van der Waals surface area contributed by atoms with Gasteiger partial charge >= 0.3 is 11.9 Å². The molecule has 1 fully saturated rings. The molecular formula is C18H25NO5. The highest BCUT2D eigenvalue weighted by Gasteiger charge is 2.46. The molecule has 1 aromatic rings. The molecule has 0 spiro atoms. The van der Waals surface area contributed by atoms with E-state index in [0.29, 0.717) is 6.42 Å². The zero-order chi connectivity index (χ0) is 17.7. The minimum absolute atomic E-state index is 0.129. The van der Waals surface area contributed by atoms with Crippen LogP contribution in [0.3, 0.4) is 0 Å². The molecule has 3 N–H and O–H groups in total. The Morgan fingerprint density at radius 3 is 2.67 bits per heavy atom. The first-order chi connectivity index (χ1) is 11.3. The Labute approximate surface area is 141 Å². The third-order valence-electron chi connectivity index (χ3n) is 4.29. The second kappa shape index (κ2) is 7.66. The van der Waals surface area contributed by atoms with Crippen molar-refractivity contribution < 1.29 is 24.2 Å². The van der Waals surface area contributed by atoms with Gasteiger partial charge in [-0.1, -0.05) is 19.1 Å². The summed E-state index contributed by atoms with van der Waals surface area (Å²) in [5.41, 5.74) is 6.15. The van der Waals surface area contributed by atoms with E-state index in [1.54, 1.807) is 7.11 Å². The number of aliphatic carboxylic acids is 1. The third kappa shape index (κ3) is 5.23. The lowest BCUT2D eigenvalue weighted by atomic mass is 9.99. The maximum atomic E-state index is 12.1. The van der Waals surface area contributed by atoms with Crippen molar-refractivity contribution in [1.82, 2.24) is 0 Å². The standard InChI is InChI=1S/C18H25NO5/c1-12(8-15(19)17(21)22)9-16(20)24-18(6-7-18)11-13-4-3-5-14(10-13)23-2/h3-5,10,12,15H,6-9,11,19H2,1-2H3,(H,21,22)/t12?,15-/m0/s1. The Morgan fingerprint density at radius 2 is 2.08 bits per heavy atom. The Morgan fingerprint density at radius 1 is 1.38 bits per heavy atom.